The predicted molar refractivity (Wildman–Crippen MR) is 286 cm³/mol. The van der Waals surface area contributed by atoms with Gasteiger partial charge in [-0.05, 0) is 55.9 Å². The van der Waals surface area contributed by atoms with Crippen LogP contribution in [0.4, 0.5) is 0 Å². The maximum atomic E-state index is 14.5. The van der Waals surface area contributed by atoms with Gasteiger partial charge in [0.1, 0.15) is 48.3 Å². The third-order valence-corrected chi connectivity index (χ3v) is 12.3. The van der Waals surface area contributed by atoms with Crippen molar-refractivity contribution in [2.75, 3.05) is 18.6 Å². The lowest BCUT2D eigenvalue weighted by Crippen LogP contribution is -2.61. The van der Waals surface area contributed by atoms with Crippen LogP contribution in [0.2, 0.25) is 0 Å². The maximum Gasteiger partial charge on any atom is 0.326 e. The Balaban J connectivity index is 2.52. The van der Waals surface area contributed by atoms with Gasteiger partial charge in [-0.1, -0.05) is 27.7 Å². The van der Waals surface area contributed by atoms with Crippen molar-refractivity contribution >= 4 is 88.8 Å². The number of H-pyrrole nitrogens is 2. The number of carbonyl (C=O) groups is 12. The third kappa shape index (κ3) is 25.4. The standard InChI is InChI=1S/C47H75N17O15S/c1-22(2)13-30(60-40(72)28(8-9-35(66)67)57-38(70)26(48)16-36(68)69)44(76)64-37(23(3)4)45(77)58-27(7-6-11-54-47(50)51)39(71)61-31(14-24-18-52-20-55-24)41(73)62-32(15-25-19-53-21-56-25)42(74)63-33(17-34(49)65)43(75)59-29(46(78)79)10-12-80-5/h18-23,26-33,37H,6-17,48H2,1-5H3,(H2,49,65)(H,52,55)(H,53,56)(H,57,70)(H,58,77)(H,59,75)(H,60,72)(H,61,71)(H,62,73)(H,63,74)(H,64,76)(H,66,67)(H,68,69)(H,78,79)(H4,50,51,54)/t26-,27-,28-,29-,30-,31-,32-,33-,37-/m0/s1. The summed E-state index contributed by atoms with van der Waals surface area (Å²) in [5, 5.41) is 47.9. The molecule has 0 saturated heterocycles. The molecular formula is C47H75N17O15S. The molecule has 2 aromatic rings. The summed E-state index contributed by atoms with van der Waals surface area (Å²) in [5.74, 6) is -14.0. The highest BCUT2D eigenvalue weighted by atomic mass is 32.2. The number of hydrogen-bond acceptors (Lipinski definition) is 17. The van der Waals surface area contributed by atoms with Crippen LogP contribution in [0.3, 0.4) is 0 Å². The van der Waals surface area contributed by atoms with E-state index in [0.29, 0.717) is 17.1 Å². The lowest BCUT2D eigenvalue weighted by Gasteiger charge is -2.29. The molecule has 0 aliphatic heterocycles. The van der Waals surface area contributed by atoms with Crippen molar-refractivity contribution < 1.29 is 72.9 Å². The molecule has 0 bridgehead atoms. The minimum atomic E-state index is -1.71. The summed E-state index contributed by atoms with van der Waals surface area (Å²) in [6, 6.07) is -13.8. The van der Waals surface area contributed by atoms with Crippen molar-refractivity contribution in [2.24, 2.45) is 39.8 Å². The Kier molecular flexibility index (Phi) is 29.2. The van der Waals surface area contributed by atoms with E-state index in [1.165, 1.54) is 36.8 Å². The molecule has 0 aliphatic rings. The number of imidazole rings is 2. The molecule has 0 radical (unpaired) electrons. The molecular weight excluding hydrogens is 1070 g/mol. The SMILES string of the molecule is CSCC[C@H](NC(=O)[C@H](CC(N)=O)NC(=O)[C@H](Cc1cnc[nH]1)NC(=O)[C@H](Cc1cnc[nH]1)NC(=O)[C@H](CCCN=C(N)N)NC(=O)[C@@H](NC(=O)[C@H](CC(C)C)NC(=O)[C@H](CCC(=O)O)NC(=O)[C@@H](N)CC(=O)O)C(C)C)C(=O)O. The number of amides is 9. The number of nitrogens with two attached hydrogens (primary N) is 4. The summed E-state index contributed by atoms with van der Waals surface area (Å²) in [5.41, 5.74) is 22.7. The van der Waals surface area contributed by atoms with E-state index in [0.717, 1.165) is 0 Å². The van der Waals surface area contributed by atoms with Crippen LogP contribution in [0.15, 0.2) is 30.0 Å². The predicted octanol–water partition coefficient (Wildman–Crippen LogP) is -5.07. The quantitative estimate of drug-likeness (QED) is 0.0170. The van der Waals surface area contributed by atoms with Crippen molar-refractivity contribution in [3.8, 4) is 0 Å². The molecule has 0 aromatic carbocycles. The van der Waals surface area contributed by atoms with E-state index in [1.54, 1.807) is 34.0 Å². The lowest BCUT2D eigenvalue weighted by molar-refractivity contribution is -0.142. The van der Waals surface area contributed by atoms with E-state index in [9.17, 15) is 67.7 Å². The molecule has 9 amide bonds. The zero-order valence-electron chi connectivity index (χ0n) is 44.9. The lowest BCUT2D eigenvalue weighted by atomic mass is 9.98. The number of carbonyl (C=O) groups excluding carboxylic acids is 9. The van der Waals surface area contributed by atoms with E-state index < -0.39 is 157 Å². The Morgan fingerprint density at radius 1 is 0.575 bits per heavy atom. The number of guanidine groups is 1. The number of carboxylic acid groups (broad SMARTS) is 3. The minimum absolute atomic E-state index is 0.000532. The highest BCUT2D eigenvalue weighted by Gasteiger charge is 2.37. The van der Waals surface area contributed by atoms with Gasteiger partial charge in [-0.25, -0.2) is 14.8 Å². The summed E-state index contributed by atoms with van der Waals surface area (Å²) >= 11 is 1.32. The van der Waals surface area contributed by atoms with E-state index in [1.807, 2.05) is 0 Å². The van der Waals surface area contributed by atoms with Gasteiger partial charge in [0.05, 0.1) is 31.5 Å². The Hall–Kier alpha value is -8.36. The number of aliphatic imine (C=N–C) groups is 1. The second kappa shape index (κ2) is 34.5. The van der Waals surface area contributed by atoms with Crippen molar-refractivity contribution in [2.45, 2.75) is 146 Å². The van der Waals surface area contributed by atoms with Crippen LogP contribution in [-0.2, 0) is 70.4 Å². The number of primary amides is 1. The topological polar surface area (TPSA) is 536 Å². The third-order valence-electron chi connectivity index (χ3n) is 11.7. The average molecular weight is 1150 g/mol. The van der Waals surface area contributed by atoms with E-state index in [2.05, 4.69) is 67.5 Å². The first-order valence-corrected chi connectivity index (χ1v) is 26.6. The van der Waals surface area contributed by atoms with Gasteiger partial charge < -0.3 is 90.8 Å². The van der Waals surface area contributed by atoms with Crippen molar-refractivity contribution in [1.82, 2.24) is 62.5 Å². The summed E-state index contributed by atoms with van der Waals surface area (Å²) in [6.45, 7) is 6.52. The zero-order valence-corrected chi connectivity index (χ0v) is 45.8. The molecule has 32 nitrogen and oxygen atoms in total. The molecule has 0 unspecified atom stereocenters. The number of nitrogens with one attached hydrogen (secondary N) is 10. The molecule has 21 N–H and O–H groups in total. The Labute approximate surface area is 463 Å². The number of aromatic nitrogens is 4. The summed E-state index contributed by atoms with van der Waals surface area (Å²) in [7, 11) is 0. The molecule has 0 fully saturated rings. The molecule has 9 atom stereocenters. The molecule has 2 heterocycles. The van der Waals surface area contributed by atoms with Crippen molar-refractivity contribution in [3.05, 3.63) is 36.4 Å². The first-order chi connectivity index (χ1) is 37.6. The molecule has 0 aliphatic carbocycles. The summed E-state index contributed by atoms with van der Waals surface area (Å²) in [6.07, 6.45) is 3.54. The van der Waals surface area contributed by atoms with Crippen molar-refractivity contribution in [3.63, 3.8) is 0 Å². The van der Waals surface area contributed by atoms with Gasteiger partial charge in [0, 0.05) is 49.6 Å². The second-order valence-corrected chi connectivity index (χ2v) is 20.2. The maximum absolute atomic E-state index is 14.5. The number of thioether (sulfide) groups is 1. The molecule has 80 heavy (non-hydrogen) atoms. The van der Waals surface area contributed by atoms with E-state index in [-0.39, 0.29) is 56.9 Å². The van der Waals surface area contributed by atoms with E-state index in [4.69, 9.17) is 28.0 Å². The van der Waals surface area contributed by atoms with Crippen LogP contribution >= 0.6 is 11.8 Å². The molecule has 2 aromatic heterocycles. The molecule has 444 valence electrons. The monoisotopic (exact) mass is 1150 g/mol. The second-order valence-electron chi connectivity index (χ2n) is 19.2. The number of nitrogens with zero attached hydrogens (tertiary/aromatic N) is 3. The van der Waals surface area contributed by atoms with Gasteiger partial charge in [-0.3, -0.25) is 57.7 Å². The largest absolute Gasteiger partial charge is 0.481 e. The van der Waals surface area contributed by atoms with Crippen molar-refractivity contribution in [1.29, 1.82) is 0 Å². The number of rotatable bonds is 38. The first-order valence-electron chi connectivity index (χ1n) is 25.2. The van der Waals surface area contributed by atoms with Crippen LogP contribution in [-0.4, -0.2) is 185 Å². The van der Waals surface area contributed by atoms with Gasteiger partial charge in [-0.2, -0.15) is 11.8 Å². The highest BCUT2D eigenvalue weighted by molar-refractivity contribution is 7.98. The molecule has 0 saturated carbocycles. The van der Waals surface area contributed by atoms with Gasteiger partial charge in [-0.15, -0.1) is 0 Å². The number of carboxylic acids is 3. The van der Waals surface area contributed by atoms with Crippen LogP contribution in [0.5, 0.6) is 0 Å². The van der Waals surface area contributed by atoms with Crippen LogP contribution in [0.25, 0.3) is 0 Å². The summed E-state index contributed by atoms with van der Waals surface area (Å²) in [4.78, 5) is 175. The van der Waals surface area contributed by atoms with Gasteiger partial charge >= 0.3 is 17.9 Å². The molecule has 0 spiro atoms. The molecule has 2 rings (SSSR count). The fourth-order valence-corrected chi connectivity index (χ4v) is 8.01. The smallest absolute Gasteiger partial charge is 0.326 e. The Morgan fingerprint density at radius 3 is 1.49 bits per heavy atom. The fraction of sp³-hybridized carbons (Fsp3) is 0.596. The van der Waals surface area contributed by atoms with E-state index >= 15 is 0 Å². The normalized spacial score (nSPS) is 14.4. The highest BCUT2D eigenvalue weighted by Crippen LogP contribution is 2.13. The molecule has 33 heteroatoms. The van der Waals surface area contributed by atoms with Crippen LogP contribution in [0.1, 0.15) is 90.4 Å². The average Bonchev–Trinajstić information content (AvgIpc) is 4.09. The fourth-order valence-electron chi connectivity index (χ4n) is 7.54. The first kappa shape index (κ1) is 67.7. The van der Waals surface area contributed by atoms with Crippen LogP contribution < -0.4 is 65.5 Å². The zero-order chi connectivity index (χ0) is 60.2. The Bertz CT molecular complexity index is 2460. The van der Waals surface area contributed by atoms with Gasteiger partial charge in [0.25, 0.3) is 0 Å². The van der Waals surface area contributed by atoms with Crippen LogP contribution in [0, 0.1) is 11.8 Å². The number of hydrogen-bond donors (Lipinski definition) is 17. The Morgan fingerprint density at radius 2 is 1.04 bits per heavy atom. The summed E-state index contributed by atoms with van der Waals surface area (Å²) < 4.78 is 0. The van der Waals surface area contributed by atoms with Gasteiger partial charge in [0.2, 0.25) is 53.2 Å². The van der Waals surface area contributed by atoms with Gasteiger partial charge in [0.15, 0.2) is 5.96 Å². The minimum Gasteiger partial charge on any atom is -0.481 e. The number of aromatic amines is 2. The number of aliphatic carboxylic acids is 3.